The highest BCUT2D eigenvalue weighted by Crippen LogP contribution is 2.48. The fourth-order valence-corrected chi connectivity index (χ4v) is 4.09. The van der Waals surface area contributed by atoms with E-state index < -0.39 is 5.97 Å². The fraction of sp³-hybridized carbons (Fsp3) is 0.536. The number of esters is 1. The number of carbonyl (C=O) groups excluding carboxylic acids is 1. The lowest BCUT2D eigenvalue weighted by Crippen LogP contribution is -2.34. The Labute approximate surface area is 193 Å². The van der Waals surface area contributed by atoms with Gasteiger partial charge in [0.2, 0.25) is 0 Å². The lowest BCUT2D eigenvalue weighted by molar-refractivity contribution is -0.137. The van der Waals surface area contributed by atoms with E-state index in [9.17, 15) is 4.79 Å². The number of allylic oxidation sites excluding steroid dienone is 5. The second-order valence-electron chi connectivity index (χ2n) is 9.96. The molecule has 0 unspecified atom stereocenters. The molecule has 4 heteroatoms. The van der Waals surface area contributed by atoms with E-state index in [1.54, 1.807) is 26.8 Å². The second kappa shape index (κ2) is 10.5. The Kier molecular flexibility index (Phi) is 8.50. The Hall–Kier alpha value is -2.36. The van der Waals surface area contributed by atoms with Gasteiger partial charge in [-0.2, -0.15) is 0 Å². The van der Waals surface area contributed by atoms with Crippen molar-refractivity contribution in [3.8, 4) is 5.75 Å². The monoisotopic (exact) mass is 442 g/mol. The standard InChI is InChI=1S/C28H39FO3/c1-9-15-32-25-18-23-22(27(5,6)13-14-28(23,7)8)17-21(25)20(4)24(29)12-11-19(3)16-26(30)31-10-2/h11-12,16-18H,9-10,13-15H2,1-8H3/b12-11+,19-16+,24-20+. The average molecular weight is 443 g/mol. The number of carbonyl (C=O) groups is 1. The summed E-state index contributed by atoms with van der Waals surface area (Å²) in [5.41, 5.74) is 4.58. The second-order valence-corrected chi connectivity index (χ2v) is 9.96. The van der Waals surface area contributed by atoms with Crippen molar-refractivity contribution < 1.29 is 18.7 Å². The largest absolute Gasteiger partial charge is 0.493 e. The topological polar surface area (TPSA) is 35.5 Å². The minimum atomic E-state index is -0.425. The first kappa shape index (κ1) is 25.9. The van der Waals surface area contributed by atoms with Crippen LogP contribution in [-0.4, -0.2) is 19.2 Å². The normalized spacial score (nSPS) is 18.2. The van der Waals surface area contributed by atoms with Gasteiger partial charge in [-0.1, -0.05) is 40.7 Å². The van der Waals surface area contributed by atoms with E-state index in [0.29, 0.717) is 24.4 Å². The van der Waals surface area contributed by atoms with Crippen molar-refractivity contribution in [2.75, 3.05) is 13.2 Å². The number of hydrogen-bond acceptors (Lipinski definition) is 3. The molecule has 0 N–H and O–H groups in total. The van der Waals surface area contributed by atoms with Crippen molar-refractivity contribution in [3.05, 3.63) is 58.5 Å². The molecular weight excluding hydrogens is 403 g/mol. The predicted molar refractivity (Wildman–Crippen MR) is 131 cm³/mol. The summed E-state index contributed by atoms with van der Waals surface area (Å²) < 4.78 is 26.2. The molecule has 0 saturated carbocycles. The third-order valence-electron chi connectivity index (χ3n) is 6.30. The minimum Gasteiger partial charge on any atom is -0.493 e. The van der Waals surface area contributed by atoms with Crippen molar-refractivity contribution in [1.29, 1.82) is 0 Å². The molecule has 0 bridgehead atoms. The Balaban J connectivity index is 2.54. The maximum absolute atomic E-state index is 15.2. The lowest BCUT2D eigenvalue weighted by Gasteiger charge is -2.42. The van der Waals surface area contributed by atoms with Crippen LogP contribution in [-0.2, 0) is 20.4 Å². The van der Waals surface area contributed by atoms with Crippen LogP contribution in [0.3, 0.4) is 0 Å². The molecule has 0 heterocycles. The van der Waals surface area contributed by atoms with Crippen LogP contribution >= 0.6 is 0 Å². The minimum absolute atomic E-state index is 0.0223. The van der Waals surface area contributed by atoms with Gasteiger partial charge in [0.25, 0.3) is 0 Å². The summed E-state index contributed by atoms with van der Waals surface area (Å²) in [6.45, 7) is 17.3. The van der Waals surface area contributed by atoms with Gasteiger partial charge in [0, 0.05) is 11.6 Å². The summed E-state index contributed by atoms with van der Waals surface area (Å²) in [6.07, 6.45) is 7.44. The van der Waals surface area contributed by atoms with Crippen LogP contribution in [0.1, 0.15) is 91.3 Å². The summed E-state index contributed by atoms with van der Waals surface area (Å²) in [6, 6.07) is 4.26. The Morgan fingerprint density at radius 3 is 2.19 bits per heavy atom. The molecule has 1 aliphatic rings. The van der Waals surface area contributed by atoms with Gasteiger partial charge in [-0.25, -0.2) is 9.18 Å². The van der Waals surface area contributed by atoms with Crippen molar-refractivity contribution >= 4 is 11.5 Å². The van der Waals surface area contributed by atoms with Gasteiger partial charge in [0.1, 0.15) is 11.6 Å². The highest BCUT2D eigenvalue weighted by atomic mass is 19.1. The van der Waals surface area contributed by atoms with Crippen molar-refractivity contribution in [2.24, 2.45) is 0 Å². The molecule has 0 fully saturated rings. The van der Waals surface area contributed by atoms with E-state index in [1.165, 1.54) is 23.3 Å². The van der Waals surface area contributed by atoms with Crippen LogP contribution in [0.5, 0.6) is 5.75 Å². The molecule has 1 aliphatic carbocycles. The van der Waals surface area contributed by atoms with E-state index in [-0.39, 0.29) is 16.7 Å². The highest BCUT2D eigenvalue weighted by Gasteiger charge is 2.38. The zero-order chi connectivity index (χ0) is 24.1. The van der Waals surface area contributed by atoms with Gasteiger partial charge >= 0.3 is 5.97 Å². The van der Waals surface area contributed by atoms with Crippen LogP contribution in [0.2, 0.25) is 0 Å². The molecular formula is C28H39FO3. The molecule has 0 amide bonds. The van der Waals surface area contributed by atoms with Crippen molar-refractivity contribution in [2.45, 2.75) is 85.5 Å². The first-order valence-corrected chi connectivity index (χ1v) is 11.6. The molecule has 176 valence electrons. The number of halogens is 1. The number of ether oxygens (including phenoxy) is 2. The molecule has 0 saturated heterocycles. The Morgan fingerprint density at radius 2 is 1.62 bits per heavy atom. The van der Waals surface area contributed by atoms with Crippen LogP contribution < -0.4 is 4.74 Å². The van der Waals surface area contributed by atoms with Gasteiger partial charge < -0.3 is 9.47 Å². The van der Waals surface area contributed by atoms with E-state index in [4.69, 9.17) is 9.47 Å². The lowest BCUT2D eigenvalue weighted by atomic mass is 9.62. The molecule has 2 rings (SSSR count). The summed E-state index contributed by atoms with van der Waals surface area (Å²) in [5, 5.41) is 0. The van der Waals surface area contributed by atoms with Gasteiger partial charge in [0.15, 0.2) is 0 Å². The molecule has 1 aromatic rings. The molecule has 0 atom stereocenters. The maximum atomic E-state index is 15.2. The number of benzene rings is 1. The quantitative estimate of drug-likeness (QED) is 0.236. The zero-order valence-corrected chi connectivity index (χ0v) is 21.0. The zero-order valence-electron chi connectivity index (χ0n) is 21.0. The van der Waals surface area contributed by atoms with Gasteiger partial charge in [-0.15, -0.1) is 0 Å². The van der Waals surface area contributed by atoms with Crippen LogP contribution in [0.15, 0.2) is 41.8 Å². The average Bonchev–Trinajstić information content (AvgIpc) is 2.73. The van der Waals surface area contributed by atoms with Crippen LogP contribution in [0, 0.1) is 0 Å². The third-order valence-corrected chi connectivity index (χ3v) is 6.30. The van der Waals surface area contributed by atoms with Gasteiger partial charge in [-0.3, -0.25) is 0 Å². The van der Waals surface area contributed by atoms with E-state index in [2.05, 4.69) is 46.8 Å². The first-order valence-electron chi connectivity index (χ1n) is 11.6. The molecule has 0 aliphatic heterocycles. The fourth-order valence-electron chi connectivity index (χ4n) is 4.09. The predicted octanol–water partition coefficient (Wildman–Crippen LogP) is 7.59. The van der Waals surface area contributed by atoms with E-state index in [0.717, 1.165) is 30.6 Å². The van der Waals surface area contributed by atoms with E-state index >= 15 is 4.39 Å². The highest BCUT2D eigenvalue weighted by molar-refractivity contribution is 5.83. The summed E-state index contributed by atoms with van der Waals surface area (Å²) in [5.74, 6) is -0.0439. The molecule has 0 radical (unpaired) electrons. The number of hydrogen-bond donors (Lipinski definition) is 0. The number of fused-ring (bicyclic) bond motifs is 1. The molecule has 0 aromatic heterocycles. The Morgan fingerprint density at radius 1 is 1.03 bits per heavy atom. The third kappa shape index (κ3) is 6.11. The molecule has 3 nitrogen and oxygen atoms in total. The van der Waals surface area contributed by atoms with Gasteiger partial charge in [-0.05, 0) is 91.3 Å². The summed E-state index contributed by atoms with van der Waals surface area (Å²) in [7, 11) is 0. The molecule has 32 heavy (non-hydrogen) atoms. The van der Waals surface area contributed by atoms with Crippen LogP contribution in [0.25, 0.3) is 5.57 Å². The summed E-state index contributed by atoms with van der Waals surface area (Å²) >= 11 is 0. The van der Waals surface area contributed by atoms with Crippen molar-refractivity contribution in [1.82, 2.24) is 0 Å². The Bertz CT molecular complexity index is 932. The SMILES string of the molecule is CCCOc1cc2c(cc1\C(C)=C(F)/C=C/C(C)=C/C(=O)OCC)C(C)(C)CCC2(C)C. The summed E-state index contributed by atoms with van der Waals surface area (Å²) in [4.78, 5) is 11.6. The van der Waals surface area contributed by atoms with Gasteiger partial charge in [0.05, 0.1) is 13.2 Å². The molecule has 0 spiro atoms. The maximum Gasteiger partial charge on any atom is 0.330 e. The molecule has 1 aromatic carbocycles. The van der Waals surface area contributed by atoms with E-state index in [1.807, 2.05) is 0 Å². The smallest absolute Gasteiger partial charge is 0.330 e. The first-order chi connectivity index (χ1) is 14.9. The van der Waals surface area contributed by atoms with Crippen molar-refractivity contribution in [3.63, 3.8) is 0 Å². The van der Waals surface area contributed by atoms with Crippen LogP contribution in [0.4, 0.5) is 4.39 Å². The number of rotatable bonds is 8.